The van der Waals surface area contributed by atoms with E-state index in [0.29, 0.717) is 50.4 Å². The summed E-state index contributed by atoms with van der Waals surface area (Å²) in [5, 5.41) is 27.5. The summed E-state index contributed by atoms with van der Waals surface area (Å²) in [4.78, 5) is 26.7. The predicted molar refractivity (Wildman–Crippen MR) is 211 cm³/mol. The third-order valence-corrected chi connectivity index (χ3v) is 13.2. The van der Waals surface area contributed by atoms with Gasteiger partial charge in [-0.1, -0.05) is 29.8 Å². The Bertz CT molecular complexity index is 2290. The zero-order valence-corrected chi connectivity index (χ0v) is 32.3. The second kappa shape index (κ2) is 14.9. The second-order valence-electron chi connectivity index (χ2n) is 15.9. The van der Waals surface area contributed by atoms with Gasteiger partial charge in [-0.25, -0.2) is 8.78 Å². The third kappa shape index (κ3) is 6.79. The van der Waals surface area contributed by atoms with Crippen LogP contribution < -0.4 is 30.7 Å². The predicted octanol–water partition coefficient (Wildman–Crippen LogP) is 5.38. The number of aliphatic hydroxyl groups excluding tert-OH is 1. The molecule has 4 atom stereocenters. The SMILES string of the molecule is C=C1CNCCC[C@@H](COc2nc3c4c(c(Cl)c(-c5ccc(F)c6sc(N)c(C#N)c56)c(F)c4n2)OC(CO)CCN3CC2CN(C(=O)[C@@H]3N[C@H]3C3CC3)C2)C1. The van der Waals surface area contributed by atoms with Crippen LogP contribution in [-0.4, -0.2) is 96.6 Å². The van der Waals surface area contributed by atoms with Crippen molar-refractivity contribution in [3.8, 4) is 29.0 Å². The number of aliphatic hydroxyl groups is 1. The van der Waals surface area contributed by atoms with Gasteiger partial charge < -0.3 is 35.4 Å². The Morgan fingerprint density at radius 1 is 1.20 bits per heavy atom. The molecule has 1 amide bonds. The van der Waals surface area contributed by atoms with E-state index in [2.05, 4.69) is 22.2 Å². The van der Waals surface area contributed by atoms with Crippen molar-refractivity contribution < 1.29 is 28.2 Å². The number of amides is 1. The number of carbonyl (C=O) groups excluding carboxylic acids is 1. The summed E-state index contributed by atoms with van der Waals surface area (Å²) in [6.45, 7) is 7.81. The fourth-order valence-corrected chi connectivity index (χ4v) is 9.91. The van der Waals surface area contributed by atoms with E-state index >= 15 is 8.78 Å². The Balaban J connectivity index is 1.14. The van der Waals surface area contributed by atoms with Gasteiger partial charge in [0.25, 0.3) is 0 Å². The number of nitrogens with one attached hydrogen (secondary N) is 2. The molecule has 4 fully saturated rings. The summed E-state index contributed by atoms with van der Waals surface area (Å²) < 4.78 is 45.5. The van der Waals surface area contributed by atoms with Crippen LogP contribution >= 0.6 is 22.9 Å². The lowest BCUT2D eigenvalue weighted by molar-refractivity contribution is -0.136. The molecule has 0 spiro atoms. The molecule has 4 aliphatic heterocycles. The molecule has 3 saturated heterocycles. The van der Waals surface area contributed by atoms with Crippen molar-refractivity contribution in [2.45, 2.75) is 56.7 Å². The maximum absolute atomic E-state index is 17.5. The molecule has 1 aliphatic carbocycles. The number of ether oxygens (including phenoxy) is 2. The monoisotopic (exact) mass is 804 g/mol. The van der Waals surface area contributed by atoms with Gasteiger partial charge >= 0.3 is 6.01 Å². The number of nitrogen functional groups attached to an aromatic ring is 1. The third-order valence-electron chi connectivity index (χ3n) is 11.8. The van der Waals surface area contributed by atoms with Gasteiger partial charge in [-0.3, -0.25) is 10.1 Å². The zero-order valence-electron chi connectivity index (χ0n) is 30.8. The van der Waals surface area contributed by atoms with Crippen molar-refractivity contribution in [3.05, 3.63) is 46.5 Å². The number of hydrogen-bond acceptors (Lipinski definition) is 12. The highest BCUT2D eigenvalue weighted by Crippen LogP contribution is 2.51. The van der Waals surface area contributed by atoms with Crippen molar-refractivity contribution in [2.75, 3.05) is 63.1 Å². The van der Waals surface area contributed by atoms with Crippen molar-refractivity contribution in [2.24, 2.45) is 17.8 Å². The largest absolute Gasteiger partial charge is 0.486 e. The van der Waals surface area contributed by atoms with Crippen molar-refractivity contribution in [1.29, 1.82) is 5.26 Å². The minimum absolute atomic E-state index is 0.00926. The first-order chi connectivity index (χ1) is 27.1. The normalized spacial score (nSPS) is 24.2. The van der Waals surface area contributed by atoms with Gasteiger partial charge in [-0.15, -0.1) is 11.3 Å². The maximum atomic E-state index is 17.5. The molecule has 1 unspecified atom stereocenters. The summed E-state index contributed by atoms with van der Waals surface area (Å²) in [5.74, 6) is -0.0114. The number of hydrogen-bond donors (Lipinski definition) is 4. The van der Waals surface area contributed by atoms with Crippen LogP contribution in [0.1, 0.15) is 44.1 Å². The fourth-order valence-electron chi connectivity index (χ4n) is 8.63. The van der Waals surface area contributed by atoms with Gasteiger partial charge in [0.05, 0.1) is 33.9 Å². The minimum Gasteiger partial charge on any atom is -0.486 e. The minimum atomic E-state index is -0.832. The Labute approximate surface area is 331 Å². The summed E-state index contributed by atoms with van der Waals surface area (Å²) in [6, 6.07) is 4.78. The quantitative estimate of drug-likeness (QED) is 0.127. The number of nitrogens with two attached hydrogens (primary N) is 1. The summed E-state index contributed by atoms with van der Waals surface area (Å²) in [6.07, 6.45) is 4.63. The van der Waals surface area contributed by atoms with Crippen LogP contribution in [0.3, 0.4) is 0 Å². The van der Waals surface area contributed by atoms with E-state index in [0.717, 1.165) is 49.3 Å². The van der Waals surface area contributed by atoms with Gasteiger partial charge in [-0.05, 0) is 62.1 Å². The summed E-state index contributed by atoms with van der Waals surface area (Å²) in [7, 11) is 0. The lowest BCUT2D eigenvalue weighted by Gasteiger charge is -2.42. The molecule has 6 heterocycles. The number of nitrogens with zero attached hydrogens (tertiary/aromatic N) is 5. The molecule has 56 heavy (non-hydrogen) atoms. The van der Waals surface area contributed by atoms with Gasteiger partial charge in [0.2, 0.25) is 5.91 Å². The molecule has 1 saturated carbocycles. The van der Waals surface area contributed by atoms with E-state index in [1.165, 1.54) is 25.0 Å². The van der Waals surface area contributed by atoms with E-state index < -0.39 is 17.7 Å². The van der Waals surface area contributed by atoms with Crippen LogP contribution in [0.4, 0.5) is 19.6 Å². The van der Waals surface area contributed by atoms with Crippen molar-refractivity contribution >= 4 is 60.7 Å². The Morgan fingerprint density at radius 2 is 2.02 bits per heavy atom. The molecule has 294 valence electrons. The van der Waals surface area contributed by atoms with Crippen molar-refractivity contribution in [1.82, 2.24) is 25.5 Å². The van der Waals surface area contributed by atoms with Gasteiger partial charge in [0.15, 0.2) is 11.6 Å². The van der Waals surface area contributed by atoms with Crippen LogP contribution in [-0.2, 0) is 4.79 Å². The summed E-state index contributed by atoms with van der Waals surface area (Å²) in [5.41, 5.74) is 7.10. The highest BCUT2D eigenvalue weighted by molar-refractivity contribution is 7.23. The maximum Gasteiger partial charge on any atom is 0.319 e. The smallest absolute Gasteiger partial charge is 0.319 e. The molecule has 0 bridgehead atoms. The number of likely N-dealkylation sites (tertiary alicyclic amines) is 1. The number of nitriles is 1. The number of benzene rings is 2. The molecule has 5 aliphatic rings. The average Bonchev–Trinajstić information content (AvgIpc) is 4.08. The van der Waals surface area contributed by atoms with Gasteiger partial charge in [-0.2, -0.15) is 15.2 Å². The number of aromatic nitrogens is 2. The molecule has 2 aromatic carbocycles. The molecule has 12 nitrogen and oxygen atoms in total. The lowest BCUT2D eigenvalue weighted by atomic mass is 9.94. The number of anilines is 2. The highest BCUT2D eigenvalue weighted by atomic mass is 35.5. The molecule has 0 radical (unpaired) electrons. The first kappa shape index (κ1) is 37.3. The average molecular weight is 805 g/mol. The summed E-state index contributed by atoms with van der Waals surface area (Å²) >= 11 is 8.07. The molecular formula is C40H43ClF2N8O4S. The number of halogens is 3. The van der Waals surface area contributed by atoms with Crippen LogP contribution in [0.5, 0.6) is 11.8 Å². The second-order valence-corrected chi connectivity index (χ2v) is 17.3. The van der Waals surface area contributed by atoms with Crippen LogP contribution in [0.25, 0.3) is 32.1 Å². The standard InChI is InChI=1S/C40H43ClF2N8O4S/c1-19-11-20(3-2-9-46-13-19)18-54-40-48-33-29-35(30(41)28(31(33)43)24-6-7-26(42)36-27(24)25(12-44)37(45)56-36)55-23(17-52)8-10-50(38(29)49-40)14-21-15-51(16-21)39(53)34-32(47-34)22-4-5-22/h6-7,20-23,32,34,46-47,52H,1-5,8-11,13-18,45H2/t20-,23?,32+,34-/m1/s1. The Morgan fingerprint density at radius 3 is 2.79 bits per heavy atom. The highest BCUT2D eigenvalue weighted by Gasteiger charge is 2.53. The number of thiophene rings is 1. The fraction of sp³-hybridized carbons (Fsp3) is 0.500. The van der Waals surface area contributed by atoms with Crippen LogP contribution in [0, 0.1) is 40.7 Å². The Hall–Kier alpha value is -4.33. The molecule has 4 aromatic rings. The van der Waals surface area contributed by atoms with E-state index in [9.17, 15) is 15.2 Å². The lowest BCUT2D eigenvalue weighted by Crippen LogP contribution is -2.56. The van der Waals surface area contributed by atoms with E-state index in [4.69, 9.17) is 31.8 Å². The first-order valence-corrected chi connectivity index (χ1v) is 20.5. The topological polar surface area (TPSA) is 172 Å². The van der Waals surface area contributed by atoms with E-state index in [-0.39, 0.29) is 96.5 Å². The first-order valence-electron chi connectivity index (χ1n) is 19.3. The number of rotatable bonds is 9. The van der Waals surface area contributed by atoms with Crippen LogP contribution in [0.15, 0.2) is 24.3 Å². The van der Waals surface area contributed by atoms with Gasteiger partial charge in [0.1, 0.15) is 40.4 Å². The molecular weight excluding hydrogens is 762 g/mol. The van der Waals surface area contributed by atoms with E-state index in [1.807, 2.05) is 15.9 Å². The molecule has 16 heteroatoms. The van der Waals surface area contributed by atoms with Crippen LogP contribution in [0.2, 0.25) is 5.02 Å². The number of carbonyl (C=O) groups is 1. The Kier molecular flexibility index (Phi) is 9.90. The molecule has 5 N–H and O–H groups in total. The number of fused-ring (bicyclic) bond motifs is 1. The van der Waals surface area contributed by atoms with Crippen molar-refractivity contribution in [3.63, 3.8) is 0 Å². The van der Waals surface area contributed by atoms with Gasteiger partial charge in [0, 0.05) is 62.1 Å². The molecule has 9 rings (SSSR count). The van der Waals surface area contributed by atoms with E-state index in [1.54, 1.807) is 0 Å². The molecule has 2 aromatic heterocycles. The zero-order chi connectivity index (χ0) is 38.8.